The van der Waals surface area contributed by atoms with Gasteiger partial charge in [-0.15, -0.1) is 5.06 Å². The number of aliphatic hydroxyl groups is 1. The molecule has 4 aliphatic rings. The van der Waals surface area contributed by atoms with E-state index in [2.05, 4.69) is 10.3 Å². The number of halogens is 1. The summed E-state index contributed by atoms with van der Waals surface area (Å²) in [5, 5.41) is 13.9. The van der Waals surface area contributed by atoms with Crippen LogP contribution in [0.3, 0.4) is 0 Å². The summed E-state index contributed by atoms with van der Waals surface area (Å²) in [5.41, 5.74) is 1.74. The van der Waals surface area contributed by atoms with Gasteiger partial charge in [-0.3, -0.25) is 14.4 Å². The Hall–Kier alpha value is -3.08. The number of benzene rings is 1. The molecular weight excluding hydrogens is 467 g/mol. The van der Waals surface area contributed by atoms with Gasteiger partial charge in [0.2, 0.25) is 11.6 Å². The average Bonchev–Trinajstić information content (AvgIpc) is 3.35. The highest BCUT2D eigenvalue weighted by atomic mass is 19.1. The van der Waals surface area contributed by atoms with Gasteiger partial charge in [0.05, 0.1) is 12.3 Å². The summed E-state index contributed by atoms with van der Waals surface area (Å²) in [6.45, 7) is 6.61. The molecule has 4 atom stereocenters. The monoisotopic (exact) mass is 496 g/mol. The number of hydrogen-bond acceptors (Lipinski definition) is 7. The number of aliphatic hydroxyl groups excluding tert-OH is 1. The van der Waals surface area contributed by atoms with Crippen molar-refractivity contribution in [1.82, 2.24) is 14.9 Å². The second-order valence-corrected chi connectivity index (χ2v) is 10.5. The lowest BCUT2D eigenvalue weighted by Gasteiger charge is -2.38. The van der Waals surface area contributed by atoms with Crippen molar-refractivity contribution in [3.63, 3.8) is 0 Å². The van der Waals surface area contributed by atoms with Crippen LogP contribution in [0.25, 0.3) is 0 Å². The number of ether oxygens (including phenoxy) is 1. The van der Waals surface area contributed by atoms with Crippen molar-refractivity contribution in [3.05, 3.63) is 52.5 Å². The molecule has 1 aliphatic carbocycles. The Labute approximate surface area is 208 Å². The van der Waals surface area contributed by atoms with Crippen molar-refractivity contribution in [2.24, 2.45) is 0 Å². The summed E-state index contributed by atoms with van der Waals surface area (Å²) >= 11 is 0. The minimum Gasteiger partial charge on any atom is -0.478 e. The molecule has 2 amide bonds. The van der Waals surface area contributed by atoms with Crippen LogP contribution in [0, 0.1) is 5.82 Å². The van der Waals surface area contributed by atoms with Crippen LogP contribution in [0.2, 0.25) is 0 Å². The normalized spacial score (nSPS) is 28.9. The van der Waals surface area contributed by atoms with Crippen molar-refractivity contribution >= 4 is 17.5 Å². The van der Waals surface area contributed by atoms with E-state index in [1.165, 1.54) is 16.0 Å². The fourth-order valence-corrected chi connectivity index (χ4v) is 5.90. The number of anilines is 1. The molecule has 0 bridgehead atoms. The molecule has 10 heteroatoms. The number of aromatic nitrogens is 1. The van der Waals surface area contributed by atoms with Crippen molar-refractivity contribution in [3.8, 4) is 5.88 Å². The highest BCUT2D eigenvalue weighted by molar-refractivity contribution is 6.00. The first-order chi connectivity index (χ1) is 17.1. The fourth-order valence-electron chi connectivity index (χ4n) is 5.90. The molecule has 0 radical (unpaired) electrons. The van der Waals surface area contributed by atoms with E-state index in [0.29, 0.717) is 41.4 Å². The van der Waals surface area contributed by atoms with Crippen molar-refractivity contribution in [2.45, 2.75) is 69.9 Å². The second kappa shape index (κ2) is 7.96. The summed E-state index contributed by atoms with van der Waals surface area (Å²) in [4.78, 5) is 38.6. The van der Waals surface area contributed by atoms with Crippen LogP contribution in [-0.2, 0) is 32.7 Å². The van der Waals surface area contributed by atoms with Crippen molar-refractivity contribution in [2.75, 3.05) is 18.5 Å². The number of amides is 2. The molecule has 6 rings (SSSR count). The van der Waals surface area contributed by atoms with Gasteiger partial charge in [0.25, 0.3) is 11.8 Å². The van der Waals surface area contributed by atoms with E-state index < -0.39 is 23.9 Å². The third-order valence-electron chi connectivity index (χ3n) is 7.75. The molecule has 2 N–H and O–H groups in total. The number of fused-ring (bicyclic) bond motifs is 3. The largest absolute Gasteiger partial charge is 0.478 e. The molecule has 190 valence electrons. The summed E-state index contributed by atoms with van der Waals surface area (Å²) < 4.78 is 20.6. The van der Waals surface area contributed by atoms with E-state index in [4.69, 9.17) is 9.57 Å². The lowest BCUT2D eigenvalue weighted by Crippen LogP contribution is -2.57. The molecule has 2 saturated heterocycles. The van der Waals surface area contributed by atoms with Gasteiger partial charge in [-0.2, -0.15) is 0 Å². The lowest BCUT2D eigenvalue weighted by molar-refractivity contribution is -0.151. The zero-order valence-corrected chi connectivity index (χ0v) is 20.5. The lowest BCUT2D eigenvalue weighted by atomic mass is 9.86. The molecule has 4 heterocycles. The molecular formula is C26H29FN4O5. The molecule has 1 aromatic heterocycles. The van der Waals surface area contributed by atoms with Gasteiger partial charge in [-0.05, 0) is 54.5 Å². The first-order valence-electron chi connectivity index (χ1n) is 12.4. The van der Waals surface area contributed by atoms with Crippen LogP contribution < -0.4 is 10.1 Å². The van der Waals surface area contributed by atoms with Gasteiger partial charge in [-0.1, -0.05) is 13.8 Å². The van der Waals surface area contributed by atoms with Gasteiger partial charge in [0.15, 0.2) is 0 Å². The van der Waals surface area contributed by atoms with Crippen LogP contribution in [0.15, 0.2) is 24.3 Å². The van der Waals surface area contributed by atoms with Gasteiger partial charge in [0.1, 0.15) is 18.1 Å². The maximum atomic E-state index is 15.1. The topological polar surface area (TPSA) is 107 Å². The third-order valence-corrected chi connectivity index (χ3v) is 7.75. The number of nitrogens with one attached hydrogen (secondary N) is 1. The number of nitrogens with zero attached hydrogens (tertiary/aromatic N) is 3. The quantitative estimate of drug-likeness (QED) is 0.613. The maximum absolute atomic E-state index is 15.1. The van der Waals surface area contributed by atoms with E-state index in [1.807, 2.05) is 26.8 Å². The molecule has 1 aromatic carbocycles. The first kappa shape index (κ1) is 23.3. The Balaban J connectivity index is 1.33. The molecule has 2 fully saturated rings. The minimum absolute atomic E-state index is 0.150. The Morgan fingerprint density at radius 2 is 2.11 bits per heavy atom. The van der Waals surface area contributed by atoms with Crippen molar-refractivity contribution < 1.29 is 28.7 Å². The highest BCUT2D eigenvalue weighted by Gasteiger charge is 2.75. The number of carbonyl (C=O) groups is 2. The molecule has 2 aromatic rings. The Kier molecular flexibility index (Phi) is 5.16. The summed E-state index contributed by atoms with van der Waals surface area (Å²) in [7, 11) is 0. The molecule has 0 spiro atoms. The Morgan fingerprint density at radius 1 is 1.31 bits per heavy atom. The fraction of sp³-hybridized carbons (Fsp3) is 0.500. The van der Waals surface area contributed by atoms with E-state index >= 15 is 4.39 Å². The summed E-state index contributed by atoms with van der Waals surface area (Å²) in [5.74, 6) is -0.727. The van der Waals surface area contributed by atoms with Gasteiger partial charge >= 0.3 is 0 Å². The molecule has 9 nitrogen and oxygen atoms in total. The van der Waals surface area contributed by atoms with Crippen LogP contribution in [0.4, 0.5) is 10.1 Å². The van der Waals surface area contributed by atoms with Gasteiger partial charge < -0.3 is 20.1 Å². The highest BCUT2D eigenvalue weighted by Crippen LogP contribution is 2.53. The standard InChI is InChI=1S/C26H29FN4O5/c1-4-35-19-6-5-16-18(29-19)8-10-30(24(34)26-13-20(32)31(26)36-26)22(16)23(33)28-15-11-14-7-9-25(2,3)21(14)17(27)12-15/h5-6,11-12,20,22,32H,4,7-10,13H2,1-3H3,(H,28,33)/t20?,22-,26?,31+/m0/s1. The van der Waals surface area contributed by atoms with Crippen molar-refractivity contribution in [1.29, 1.82) is 0 Å². The van der Waals surface area contributed by atoms with Crippen LogP contribution in [0.1, 0.15) is 62.0 Å². The number of hydroxylamine groups is 2. The average molecular weight is 497 g/mol. The number of hydrogen-bond donors (Lipinski definition) is 2. The zero-order valence-electron chi connectivity index (χ0n) is 20.5. The number of aryl methyl sites for hydroxylation is 1. The smallest absolute Gasteiger partial charge is 0.275 e. The van der Waals surface area contributed by atoms with Crippen LogP contribution in [-0.4, -0.2) is 57.0 Å². The number of rotatable bonds is 5. The maximum Gasteiger partial charge on any atom is 0.275 e. The molecule has 2 unspecified atom stereocenters. The predicted octanol–water partition coefficient (Wildman–Crippen LogP) is 2.57. The van der Waals surface area contributed by atoms with E-state index in [-0.39, 0.29) is 30.1 Å². The predicted molar refractivity (Wildman–Crippen MR) is 126 cm³/mol. The first-order valence-corrected chi connectivity index (χ1v) is 12.4. The summed E-state index contributed by atoms with van der Waals surface area (Å²) in [6.07, 6.45) is 1.34. The Bertz CT molecular complexity index is 1280. The Morgan fingerprint density at radius 3 is 2.81 bits per heavy atom. The zero-order chi connectivity index (χ0) is 25.4. The molecule has 0 saturated carbocycles. The number of carbonyl (C=O) groups excluding carboxylic acids is 2. The third kappa shape index (κ3) is 3.42. The van der Waals surface area contributed by atoms with Gasteiger partial charge in [-0.25, -0.2) is 9.37 Å². The van der Waals surface area contributed by atoms with E-state index in [1.54, 1.807) is 12.1 Å². The van der Waals surface area contributed by atoms with Crippen LogP contribution in [0.5, 0.6) is 5.88 Å². The van der Waals surface area contributed by atoms with Gasteiger partial charge in [0, 0.05) is 36.7 Å². The molecule has 3 aliphatic heterocycles. The van der Waals surface area contributed by atoms with E-state index in [0.717, 1.165) is 18.4 Å². The van der Waals surface area contributed by atoms with E-state index in [9.17, 15) is 14.7 Å². The number of pyridine rings is 1. The summed E-state index contributed by atoms with van der Waals surface area (Å²) in [6, 6.07) is 5.61. The molecule has 36 heavy (non-hydrogen) atoms. The second-order valence-electron chi connectivity index (χ2n) is 10.5. The minimum atomic E-state index is -1.21. The SMILES string of the molecule is CCOc1ccc2c(n1)CCN(C(=O)C13CC(O)[N@@]1O3)[C@@H]2C(=O)Nc1cc(F)c2c(c1)CCC2(C)C. The van der Waals surface area contributed by atoms with Crippen LogP contribution >= 0.6 is 0 Å².